The van der Waals surface area contributed by atoms with Crippen LogP contribution in [0.4, 0.5) is 11.5 Å². The van der Waals surface area contributed by atoms with Crippen LogP contribution in [0.5, 0.6) is 0 Å². The maximum atomic E-state index is 4.30. The Morgan fingerprint density at radius 1 is 1.00 bits per heavy atom. The Balaban J connectivity index is 2.46. The van der Waals surface area contributed by atoms with Crippen LogP contribution in [-0.4, -0.2) is 4.98 Å². The molecule has 0 unspecified atom stereocenters. The lowest BCUT2D eigenvalue weighted by Gasteiger charge is -2.06. The number of hydrogen-bond donors (Lipinski definition) is 0. The summed E-state index contributed by atoms with van der Waals surface area (Å²) in [5, 5.41) is 8.76. The molecule has 3 heteroatoms. The summed E-state index contributed by atoms with van der Waals surface area (Å²) < 4.78 is 0. The summed E-state index contributed by atoms with van der Waals surface area (Å²) in [4.78, 5) is 4.30. The van der Waals surface area contributed by atoms with Crippen molar-refractivity contribution in [1.29, 1.82) is 0 Å². The van der Waals surface area contributed by atoms with Crippen molar-refractivity contribution >= 4 is 22.4 Å². The minimum Gasteiger partial charge on any atom is -0.225 e. The molecular weight excluding hydrogens is 150 g/mol. The molecule has 1 aliphatic heterocycles. The van der Waals surface area contributed by atoms with Gasteiger partial charge in [0, 0.05) is 5.39 Å². The average molecular weight is 155 g/mol. The van der Waals surface area contributed by atoms with Crippen LogP contribution in [0.2, 0.25) is 0 Å². The molecule has 0 bridgehead atoms. The monoisotopic (exact) mass is 155 g/mol. The third-order valence-corrected chi connectivity index (χ3v) is 1.94. The van der Waals surface area contributed by atoms with E-state index in [9.17, 15) is 0 Å². The zero-order valence-electron chi connectivity index (χ0n) is 6.23. The van der Waals surface area contributed by atoms with Crippen LogP contribution in [0.1, 0.15) is 0 Å². The summed E-state index contributed by atoms with van der Waals surface area (Å²) in [7, 11) is 0. The number of hydrogen-bond acceptors (Lipinski definition) is 3. The number of aromatic nitrogens is 1. The molecule has 0 aliphatic carbocycles. The lowest BCUT2D eigenvalue weighted by Crippen LogP contribution is -1.84. The van der Waals surface area contributed by atoms with Gasteiger partial charge in [0.05, 0.1) is 5.52 Å². The van der Waals surface area contributed by atoms with Gasteiger partial charge in [0.2, 0.25) is 5.82 Å². The van der Waals surface area contributed by atoms with E-state index >= 15 is 0 Å². The van der Waals surface area contributed by atoms with Crippen LogP contribution < -0.4 is 0 Å². The van der Waals surface area contributed by atoms with E-state index in [0.717, 1.165) is 22.4 Å². The highest BCUT2D eigenvalue weighted by Crippen LogP contribution is 2.37. The molecule has 56 valence electrons. The zero-order valence-corrected chi connectivity index (χ0v) is 6.23. The van der Waals surface area contributed by atoms with Crippen molar-refractivity contribution in [3.8, 4) is 0 Å². The fourth-order valence-electron chi connectivity index (χ4n) is 1.30. The number of fused-ring (bicyclic) bond motifs is 2. The summed E-state index contributed by atoms with van der Waals surface area (Å²) in [5.41, 5.74) is 1.88. The zero-order chi connectivity index (χ0) is 7.97. The fourth-order valence-corrected chi connectivity index (χ4v) is 1.30. The summed E-state index contributed by atoms with van der Waals surface area (Å²) >= 11 is 0. The number of rotatable bonds is 0. The van der Waals surface area contributed by atoms with Gasteiger partial charge in [0.1, 0.15) is 5.69 Å². The van der Waals surface area contributed by atoms with Crippen LogP contribution in [0.15, 0.2) is 40.6 Å². The van der Waals surface area contributed by atoms with Gasteiger partial charge in [-0.3, -0.25) is 0 Å². The topological polar surface area (TPSA) is 37.6 Å². The van der Waals surface area contributed by atoms with Gasteiger partial charge in [-0.25, -0.2) is 4.98 Å². The molecule has 0 N–H and O–H groups in total. The molecule has 2 aromatic rings. The van der Waals surface area contributed by atoms with Crippen LogP contribution in [0.25, 0.3) is 10.9 Å². The Bertz CT molecular complexity index is 444. The Labute approximate surface area is 68.8 Å². The molecule has 1 aromatic heterocycles. The van der Waals surface area contributed by atoms with Crippen LogP contribution >= 0.6 is 0 Å². The quantitative estimate of drug-likeness (QED) is 0.491. The maximum Gasteiger partial charge on any atom is 0.202 e. The van der Waals surface area contributed by atoms with E-state index in [1.807, 2.05) is 30.3 Å². The van der Waals surface area contributed by atoms with Gasteiger partial charge in [-0.2, -0.15) is 0 Å². The molecule has 0 spiro atoms. The largest absolute Gasteiger partial charge is 0.225 e. The molecule has 0 saturated carbocycles. The highest BCUT2D eigenvalue weighted by Gasteiger charge is 2.11. The van der Waals surface area contributed by atoms with Crippen molar-refractivity contribution in [3.63, 3.8) is 0 Å². The fraction of sp³-hybridized carbons (Fsp3) is 0. The van der Waals surface area contributed by atoms with Crippen LogP contribution in [0, 0.1) is 0 Å². The normalized spacial score (nSPS) is 12.7. The highest BCUT2D eigenvalue weighted by atomic mass is 15.2. The van der Waals surface area contributed by atoms with E-state index in [0.29, 0.717) is 0 Å². The van der Waals surface area contributed by atoms with Gasteiger partial charge in [-0.15, -0.1) is 10.2 Å². The smallest absolute Gasteiger partial charge is 0.202 e. The number of azo groups is 1. The van der Waals surface area contributed by atoms with Crippen molar-refractivity contribution in [2.75, 3.05) is 0 Å². The van der Waals surface area contributed by atoms with Crippen molar-refractivity contribution < 1.29 is 0 Å². The van der Waals surface area contributed by atoms with Gasteiger partial charge in [-0.1, -0.05) is 18.2 Å². The lowest BCUT2D eigenvalue weighted by molar-refractivity contribution is 1.09. The molecular formula is C9H5N3. The number of para-hydroxylation sites is 1. The van der Waals surface area contributed by atoms with Crippen molar-refractivity contribution in [3.05, 3.63) is 30.3 Å². The minimum absolute atomic E-state index is 0.758. The Morgan fingerprint density at radius 2 is 1.92 bits per heavy atom. The van der Waals surface area contributed by atoms with Gasteiger partial charge < -0.3 is 0 Å². The van der Waals surface area contributed by atoms with E-state index in [2.05, 4.69) is 15.2 Å². The Hall–Kier alpha value is -1.77. The van der Waals surface area contributed by atoms with Gasteiger partial charge >= 0.3 is 0 Å². The SMILES string of the molecule is c1ccc2nc3c(cc2c1)N=N3. The number of pyridine rings is 1. The van der Waals surface area contributed by atoms with Crippen LogP contribution in [0.3, 0.4) is 0 Å². The molecule has 3 nitrogen and oxygen atoms in total. The lowest BCUT2D eigenvalue weighted by atomic mass is 10.2. The van der Waals surface area contributed by atoms with E-state index in [4.69, 9.17) is 0 Å². The van der Waals surface area contributed by atoms with Crippen molar-refractivity contribution in [2.24, 2.45) is 10.2 Å². The second-order valence-electron chi connectivity index (χ2n) is 2.72. The number of benzene rings is 1. The van der Waals surface area contributed by atoms with E-state index < -0.39 is 0 Å². The standard InChI is InChI=1S/C9H5N3/c1-2-4-7-6(3-1)5-8-9(10-7)12-11-8/h1-5H. The maximum absolute atomic E-state index is 4.30. The Kier molecular flexibility index (Phi) is 0.913. The molecule has 12 heavy (non-hydrogen) atoms. The molecule has 0 fully saturated rings. The molecule has 3 rings (SSSR count). The number of nitrogens with zero attached hydrogens (tertiary/aromatic N) is 3. The average Bonchev–Trinajstić information content (AvgIpc) is 2.09. The van der Waals surface area contributed by atoms with Gasteiger partial charge in [-0.05, 0) is 12.1 Å². The van der Waals surface area contributed by atoms with Gasteiger partial charge in [0.15, 0.2) is 0 Å². The summed E-state index contributed by atoms with van der Waals surface area (Å²) in [5.74, 6) is 0.758. The van der Waals surface area contributed by atoms with Crippen molar-refractivity contribution in [1.82, 2.24) is 4.98 Å². The van der Waals surface area contributed by atoms with E-state index in [1.165, 1.54) is 0 Å². The second-order valence-corrected chi connectivity index (χ2v) is 2.72. The summed E-state index contributed by atoms with van der Waals surface area (Å²) in [6, 6.07) is 9.97. The molecule has 0 radical (unpaired) electrons. The first-order valence-electron chi connectivity index (χ1n) is 3.75. The van der Waals surface area contributed by atoms with E-state index in [-0.39, 0.29) is 0 Å². The predicted molar refractivity (Wildman–Crippen MR) is 45.9 cm³/mol. The summed E-state index contributed by atoms with van der Waals surface area (Å²) in [6.45, 7) is 0. The third kappa shape index (κ3) is 0.625. The highest BCUT2D eigenvalue weighted by molar-refractivity contribution is 5.85. The molecule has 0 saturated heterocycles. The Morgan fingerprint density at radius 3 is 2.75 bits per heavy atom. The first kappa shape index (κ1) is 5.83. The molecule has 0 atom stereocenters. The molecule has 1 aliphatic rings. The van der Waals surface area contributed by atoms with Crippen LogP contribution in [-0.2, 0) is 0 Å². The minimum atomic E-state index is 0.758. The van der Waals surface area contributed by atoms with Crippen molar-refractivity contribution in [2.45, 2.75) is 0 Å². The molecule has 2 heterocycles. The molecule has 0 amide bonds. The summed E-state index contributed by atoms with van der Waals surface area (Å²) in [6.07, 6.45) is 0. The first-order valence-corrected chi connectivity index (χ1v) is 3.75. The predicted octanol–water partition coefficient (Wildman–Crippen LogP) is 2.96. The van der Waals surface area contributed by atoms with E-state index in [1.54, 1.807) is 0 Å². The second kappa shape index (κ2) is 1.88. The third-order valence-electron chi connectivity index (χ3n) is 1.94. The molecule has 1 aromatic carbocycles. The van der Waals surface area contributed by atoms with Gasteiger partial charge in [0.25, 0.3) is 0 Å². The first-order chi connectivity index (χ1) is 5.93.